The smallest absolute Gasteiger partial charge is 0.353 e. The minimum absolute atomic E-state index is 0.0334. The van der Waals surface area contributed by atoms with Gasteiger partial charge in [0.15, 0.2) is 0 Å². The third-order valence-electron chi connectivity index (χ3n) is 2.04. The zero-order valence-electron chi connectivity index (χ0n) is 7.87. The number of nitrogens with one attached hydrogen (secondary N) is 1. The molecule has 0 amide bonds. The van der Waals surface area contributed by atoms with Crippen LogP contribution in [0.1, 0.15) is 10.5 Å². The molecule has 2 aromatic rings. The molecule has 0 aliphatic rings. The van der Waals surface area contributed by atoms with Gasteiger partial charge in [-0.1, -0.05) is 23.7 Å². The molecule has 0 spiro atoms. The number of carboxylic acid groups (broad SMARTS) is 1. The molecule has 0 saturated heterocycles. The van der Waals surface area contributed by atoms with E-state index < -0.39 is 5.97 Å². The number of halogens is 2. The van der Waals surface area contributed by atoms with E-state index in [1.807, 2.05) is 0 Å². The van der Waals surface area contributed by atoms with Crippen LogP contribution in [-0.2, 0) is 0 Å². The second kappa shape index (κ2) is 4.27. The number of carbonyl (C=O) groups is 1. The van der Waals surface area contributed by atoms with Crippen LogP contribution in [0.2, 0.25) is 5.02 Å². The van der Waals surface area contributed by atoms with Gasteiger partial charge in [-0.3, -0.25) is 5.10 Å². The number of carboxylic acids is 1. The van der Waals surface area contributed by atoms with Crippen molar-refractivity contribution in [1.29, 1.82) is 0 Å². The molecule has 1 aromatic heterocycles. The largest absolute Gasteiger partial charge is 0.477 e. The van der Waals surface area contributed by atoms with Crippen LogP contribution in [0.15, 0.2) is 28.7 Å². The molecular formula is C10H6BrClN2O2. The molecule has 1 heterocycles. The first kappa shape index (κ1) is 11.2. The Morgan fingerprint density at radius 1 is 1.50 bits per heavy atom. The zero-order chi connectivity index (χ0) is 11.7. The van der Waals surface area contributed by atoms with Gasteiger partial charge in [0.1, 0.15) is 5.69 Å². The average Bonchev–Trinajstić information content (AvgIpc) is 2.71. The molecular weight excluding hydrogens is 295 g/mol. The van der Waals surface area contributed by atoms with Crippen LogP contribution in [0.4, 0.5) is 0 Å². The van der Waals surface area contributed by atoms with Crippen molar-refractivity contribution in [3.8, 4) is 11.3 Å². The summed E-state index contributed by atoms with van der Waals surface area (Å²) in [6, 6.07) is 6.82. The number of rotatable bonds is 2. The molecule has 0 aliphatic heterocycles. The van der Waals surface area contributed by atoms with Crippen molar-refractivity contribution < 1.29 is 9.90 Å². The summed E-state index contributed by atoms with van der Waals surface area (Å²) in [7, 11) is 0. The lowest BCUT2D eigenvalue weighted by molar-refractivity contribution is 0.0690. The van der Waals surface area contributed by atoms with E-state index in [1.54, 1.807) is 18.2 Å². The Morgan fingerprint density at radius 3 is 2.88 bits per heavy atom. The Kier molecular flexibility index (Phi) is 2.98. The molecule has 0 unspecified atom stereocenters. The van der Waals surface area contributed by atoms with Crippen LogP contribution in [0.3, 0.4) is 0 Å². The predicted molar refractivity (Wildman–Crippen MR) is 63.7 cm³/mol. The lowest BCUT2D eigenvalue weighted by Crippen LogP contribution is -1.95. The Hall–Kier alpha value is -1.33. The highest BCUT2D eigenvalue weighted by Gasteiger charge is 2.12. The van der Waals surface area contributed by atoms with Crippen molar-refractivity contribution in [2.45, 2.75) is 0 Å². The standard InChI is InChI=1S/C10H6BrClN2O2/c11-6-3-1-2-5(9(6)12)7-4-8(10(15)16)14-13-7/h1-4H,(H,13,14)(H,15,16). The van der Waals surface area contributed by atoms with E-state index in [9.17, 15) is 4.79 Å². The number of aromatic nitrogens is 2. The van der Waals surface area contributed by atoms with Gasteiger partial charge in [-0.15, -0.1) is 0 Å². The minimum atomic E-state index is -1.05. The quantitative estimate of drug-likeness (QED) is 0.895. The van der Waals surface area contributed by atoms with E-state index in [2.05, 4.69) is 26.1 Å². The molecule has 1 aromatic carbocycles. The van der Waals surface area contributed by atoms with Crippen molar-refractivity contribution in [3.63, 3.8) is 0 Å². The maximum absolute atomic E-state index is 10.7. The fourth-order valence-electron chi connectivity index (χ4n) is 1.27. The topological polar surface area (TPSA) is 66.0 Å². The highest BCUT2D eigenvalue weighted by molar-refractivity contribution is 9.10. The van der Waals surface area contributed by atoms with Crippen LogP contribution in [-0.4, -0.2) is 21.3 Å². The number of H-pyrrole nitrogens is 1. The van der Waals surface area contributed by atoms with E-state index in [-0.39, 0.29) is 5.69 Å². The van der Waals surface area contributed by atoms with Gasteiger partial charge in [0.05, 0.1) is 10.7 Å². The van der Waals surface area contributed by atoms with Gasteiger partial charge in [0.2, 0.25) is 0 Å². The Bertz CT molecular complexity index is 554. The fourth-order valence-corrected chi connectivity index (χ4v) is 1.86. The normalized spacial score (nSPS) is 10.4. The van der Waals surface area contributed by atoms with Crippen LogP contribution >= 0.6 is 27.5 Å². The molecule has 0 atom stereocenters. The number of aromatic carboxylic acids is 1. The molecule has 0 aliphatic carbocycles. The average molecular weight is 302 g/mol. The lowest BCUT2D eigenvalue weighted by Gasteiger charge is -2.01. The van der Waals surface area contributed by atoms with Gasteiger partial charge in [-0.25, -0.2) is 4.79 Å². The minimum Gasteiger partial charge on any atom is -0.477 e. The van der Waals surface area contributed by atoms with Gasteiger partial charge < -0.3 is 5.11 Å². The second-order valence-corrected chi connectivity index (χ2v) is 4.31. The first-order chi connectivity index (χ1) is 7.59. The molecule has 6 heteroatoms. The Labute approximate surface area is 104 Å². The summed E-state index contributed by atoms with van der Waals surface area (Å²) in [6.07, 6.45) is 0. The maximum Gasteiger partial charge on any atom is 0.353 e. The van der Waals surface area contributed by atoms with Crippen LogP contribution in [0, 0.1) is 0 Å². The van der Waals surface area contributed by atoms with E-state index in [1.165, 1.54) is 6.07 Å². The molecule has 0 saturated carbocycles. The van der Waals surface area contributed by atoms with Crippen LogP contribution in [0.25, 0.3) is 11.3 Å². The Balaban J connectivity index is 2.50. The van der Waals surface area contributed by atoms with Gasteiger partial charge in [-0.05, 0) is 28.1 Å². The summed E-state index contributed by atoms with van der Waals surface area (Å²) >= 11 is 9.36. The summed E-state index contributed by atoms with van der Waals surface area (Å²) in [6.45, 7) is 0. The van der Waals surface area contributed by atoms with Crippen molar-refractivity contribution >= 4 is 33.5 Å². The number of hydrogen-bond acceptors (Lipinski definition) is 2. The molecule has 82 valence electrons. The molecule has 0 radical (unpaired) electrons. The third-order valence-corrected chi connectivity index (χ3v) is 3.33. The summed E-state index contributed by atoms with van der Waals surface area (Å²) in [5.41, 5.74) is 1.22. The summed E-state index contributed by atoms with van der Waals surface area (Å²) in [5, 5.41) is 15.6. The third kappa shape index (κ3) is 1.96. The highest BCUT2D eigenvalue weighted by atomic mass is 79.9. The first-order valence-corrected chi connectivity index (χ1v) is 5.50. The van der Waals surface area contributed by atoms with Gasteiger partial charge >= 0.3 is 5.97 Å². The zero-order valence-corrected chi connectivity index (χ0v) is 10.2. The van der Waals surface area contributed by atoms with Crippen molar-refractivity contribution in [2.75, 3.05) is 0 Å². The van der Waals surface area contributed by atoms with E-state index in [0.29, 0.717) is 16.3 Å². The summed E-state index contributed by atoms with van der Waals surface area (Å²) in [4.78, 5) is 10.7. The molecule has 2 rings (SSSR count). The Morgan fingerprint density at radius 2 is 2.25 bits per heavy atom. The van der Waals surface area contributed by atoms with Gasteiger partial charge in [0.25, 0.3) is 0 Å². The van der Waals surface area contributed by atoms with Crippen LogP contribution < -0.4 is 0 Å². The second-order valence-electron chi connectivity index (χ2n) is 3.07. The molecule has 4 nitrogen and oxygen atoms in total. The van der Waals surface area contributed by atoms with Gasteiger partial charge in [0, 0.05) is 10.0 Å². The monoisotopic (exact) mass is 300 g/mol. The number of benzene rings is 1. The van der Waals surface area contributed by atoms with Crippen molar-refractivity contribution in [2.24, 2.45) is 0 Å². The lowest BCUT2D eigenvalue weighted by atomic mass is 10.1. The SMILES string of the molecule is O=C(O)c1cc(-c2cccc(Br)c2Cl)n[nH]1. The fraction of sp³-hybridized carbons (Fsp3) is 0. The first-order valence-electron chi connectivity index (χ1n) is 4.32. The molecule has 16 heavy (non-hydrogen) atoms. The van der Waals surface area contributed by atoms with E-state index in [4.69, 9.17) is 16.7 Å². The number of aromatic amines is 1. The van der Waals surface area contributed by atoms with Crippen molar-refractivity contribution in [3.05, 3.63) is 39.5 Å². The molecule has 2 N–H and O–H groups in total. The molecule has 0 fully saturated rings. The van der Waals surface area contributed by atoms with Gasteiger partial charge in [-0.2, -0.15) is 5.10 Å². The van der Waals surface area contributed by atoms with Crippen molar-refractivity contribution in [1.82, 2.24) is 10.2 Å². The maximum atomic E-state index is 10.7. The predicted octanol–water partition coefficient (Wildman–Crippen LogP) is 3.19. The number of hydrogen-bond donors (Lipinski definition) is 2. The number of nitrogens with zero attached hydrogens (tertiary/aromatic N) is 1. The van der Waals surface area contributed by atoms with Crippen LogP contribution in [0.5, 0.6) is 0 Å². The summed E-state index contributed by atoms with van der Waals surface area (Å²) < 4.78 is 0.742. The van der Waals surface area contributed by atoms with E-state index >= 15 is 0 Å². The summed E-state index contributed by atoms with van der Waals surface area (Å²) in [5.74, 6) is -1.05. The highest BCUT2D eigenvalue weighted by Crippen LogP contribution is 2.32. The van der Waals surface area contributed by atoms with E-state index in [0.717, 1.165) is 4.47 Å². The molecule has 0 bridgehead atoms.